The Labute approximate surface area is 468 Å². The molecule has 0 fully saturated rings. The number of quaternary nitrogens is 1. The second kappa shape index (κ2) is 57.9. The van der Waals surface area contributed by atoms with Gasteiger partial charge in [-0.05, 0) is 64.2 Å². The minimum atomic E-state index is -1.62. The molecule has 9 nitrogen and oxygen atoms in total. The van der Waals surface area contributed by atoms with Crippen LogP contribution < -0.4 is 5.11 Å². The number of esters is 2. The number of hydrogen-bond donors (Lipinski definition) is 0. The van der Waals surface area contributed by atoms with Crippen LogP contribution in [0.5, 0.6) is 0 Å². The summed E-state index contributed by atoms with van der Waals surface area (Å²) in [6.07, 6.45) is 72.4. The first-order valence-electron chi connectivity index (χ1n) is 31.6. The number of allylic oxidation sites excluding steroid dienone is 12. The molecule has 0 aliphatic rings. The quantitative estimate of drug-likeness (QED) is 0.0195. The fraction of sp³-hybridized carbons (Fsp3) is 0.776. The van der Waals surface area contributed by atoms with Crippen molar-refractivity contribution in [3.8, 4) is 0 Å². The maximum Gasteiger partial charge on any atom is 0.306 e. The Hall–Kier alpha value is -3.27. The number of carbonyl (C=O) groups is 3. The minimum absolute atomic E-state index is 0.148. The van der Waals surface area contributed by atoms with Crippen molar-refractivity contribution in [2.45, 2.75) is 289 Å². The summed E-state index contributed by atoms with van der Waals surface area (Å²) < 4.78 is 22.7. The molecule has 0 aliphatic heterocycles. The largest absolute Gasteiger partial charge is 0.545 e. The molecule has 0 N–H and O–H groups in total. The lowest BCUT2D eigenvalue weighted by atomic mass is 10.0. The van der Waals surface area contributed by atoms with Crippen LogP contribution in [0.3, 0.4) is 0 Å². The van der Waals surface area contributed by atoms with Gasteiger partial charge in [0.2, 0.25) is 0 Å². The van der Waals surface area contributed by atoms with Crippen LogP contribution in [0.25, 0.3) is 0 Å². The van der Waals surface area contributed by atoms with E-state index in [2.05, 4.69) is 86.8 Å². The highest BCUT2D eigenvalue weighted by molar-refractivity contribution is 5.70. The fourth-order valence-corrected chi connectivity index (χ4v) is 8.89. The topological polar surface area (TPSA) is 111 Å². The van der Waals surface area contributed by atoms with Gasteiger partial charge in [-0.3, -0.25) is 9.59 Å². The lowest BCUT2D eigenvalue weighted by molar-refractivity contribution is -0.870. The molecular formula is C67H119NO8. The molecule has 0 amide bonds. The number of likely N-dealkylation sites (N-methyl/N-ethyl adjacent to an activating group) is 1. The average molecular weight is 1070 g/mol. The Balaban J connectivity index is 4.13. The highest BCUT2D eigenvalue weighted by Crippen LogP contribution is 2.17. The molecule has 2 atom stereocenters. The number of carboxylic acid groups (broad SMARTS) is 1. The van der Waals surface area contributed by atoms with Crippen LogP contribution in [-0.4, -0.2) is 82.3 Å². The maximum atomic E-state index is 12.9. The van der Waals surface area contributed by atoms with Gasteiger partial charge in [-0.15, -0.1) is 0 Å². The van der Waals surface area contributed by atoms with E-state index >= 15 is 0 Å². The standard InChI is InChI=1S/C67H119NO8/c1-6-8-10-12-14-16-18-20-22-24-26-27-28-29-30-31-32-33-34-35-36-37-38-39-40-42-44-46-48-50-52-54-56-58-65(70)76-63(62-75-67(66(71)72)73-60-59-68(3,4)5)61-74-64(69)57-55-53-51-49-47-45-43-41-25-23-21-19-17-15-13-11-9-7-2/h8,10,14,16,20,22,26-27,29-30,32-33,63,67H,6-7,9,11-13,15,17-19,21,23-25,28,31,34-62H2,1-5H3/b10-8-,16-14-,22-20-,27-26-,30-29-,33-32-. The zero-order valence-corrected chi connectivity index (χ0v) is 50.1. The van der Waals surface area contributed by atoms with Gasteiger partial charge in [-0.1, -0.05) is 273 Å². The molecule has 440 valence electrons. The summed E-state index contributed by atoms with van der Waals surface area (Å²) in [5, 5.41) is 11.8. The molecular weight excluding hydrogens is 947 g/mol. The predicted molar refractivity (Wildman–Crippen MR) is 320 cm³/mol. The van der Waals surface area contributed by atoms with Gasteiger partial charge in [-0.25, -0.2) is 0 Å². The summed E-state index contributed by atoms with van der Waals surface area (Å²) >= 11 is 0. The highest BCUT2D eigenvalue weighted by Gasteiger charge is 2.22. The molecule has 0 bridgehead atoms. The first kappa shape index (κ1) is 72.7. The summed E-state index contributed by atoms with van der Waals surface area (Å²) in [4.78, 5) is 37.4. The van der Waals surface area contributed by atoms with E-state index in [1.54, 1.807) is 0 Å². The van der Waals surface area contributed by atoms with Gasteiger partial charge in [0.15, 0.2) is 12.4 Å². The summed E-state index contributed by atoms with van der Waals surface area (Å²) in [7, 11) is 5.93. The zero-order valence-electron chi connectivity index (χ0n) is 50.1. The van der Waals surface area contributed by atoms with E-state index in [0.29, 0.717) is 23.9 Å². The number of hydrogen-bond acceptors (Lipinski definition) is 8. The Morgan fingerprint density at radius 3 is 1.12 bits per heavy atom. The average Bonchev–Trinajstić information content (AvgIpc) is 3.39. The van der Waals surface area contributed by atoms with Gasteiger partial charge in [0.25, 0.3) is 0 Å². The van der Waals surface area contributed by atoms with Crippen LogP contribution in [0, 0.1) is 0 Å². The Kier molecular flexibility index (Phi) is 55.4. The Bertz CT molecular complexity index is 1470. The van der Waals surface area contributed by atoms with Crippen LogP contribution in [-0.2, 0) is 33.3 Å². The third kappa shape index (κ3) is 58.4. The lowest BCUT2D eigenvalue weighted by Crippen LogP contribution is -2.44. The van der Waals surface area contributed by atoms with Crippen molar-refractivity contribution >= 4 is 17.9 Å². The molecule has 0 aliphatic carbocycles. The second-order valence-corrected chi connectivity index (χ2v) is 22.3. The smallest absolute Gasteiger partial charge is 0.306 e. The van der Waals surface area contributed by atoms with E-state index in [0.717, 1.165) is 77.0 Å². The van der Waals surface area contributed by atoms with Crippen molar-refractivity contribution in [1.82, 2.24) is 0 Å². The molecule has 0 aromatic carbocycles. The summed E-state index contributed by atoms with van der Waals surface area (Å²) in [6.45, 7) is 4.67. The number of nitrogens with zero attached hydrogens (tertiary/aromatic N) is 1. The number of ether oxygens (including phenoxy) is 4. The molecule has 9 heteroatoms. The van der Waals surface area contributed by atoms with Crippen molar-refractivity contribution in [2.75, 3.05) is 47.5 Å². The first-order valence-corrected chi connectivity index (χ1v) is 31.6. The molecule has 0 spiro atoms. The van der Waals surface area contributed by atoms with E-state index < -0.39 is 24.3 Å². The first-order chi connectivity index (χ1) is 37.1. The van der Waals surface area contributed by atoms with Gasteiger partial charge < -0.3 is 33.3 Å². The van der Waals surface area contributed by atoms with Gasteiger partial charge in [-0.2, -0.15) is 0 Å². The van der Waals surface area contributed by atoms with Gasteiger partial charge in [0, 0.05) is 12.8 Å². The summed E-state index contributed by atoms with van der Waals surface area (Å²) in [5.74, 6) is -2.27. The van der Waals surface area contributed by atoms with E-state index in [1.165, 1.54) is 167 Å². The molecule has 0 saturated carbocycles. The van der Waals surface area contributed by atoms with E-state index in [4.69, 9.17) is 18.9 Å². The number of unbranched alkanes of at least 4 members (excludes halogenated alkanes) is 31. The third-order valence-corrected chi connectivity index (χ3v) is 13.7. The SMILES string of the molecule is CC/C=C\C/C=C\C/C=C\C/C=C\C/C=C\C/C=C\CCCCCCCCCCCCCCCCC(=O)OC(COC(=O)CCCCCCCCCCCCCCCCCCCC)COC(OCC[N+](C)(C)C)C(=O)[O-]. The molecule has 0 aromatic heterocycles. The Morgan fingerprint density at radius 1 is 0.408 bits per heavy atom. The van der Waals surface area contributed by atoms with E-state index in [9.17, 15) is 19.5 Å². The Morgan fingerprint density at radius 2 is 0.750 bits per heavy atom. The minimum Gasteiger partial charge on any atom is -0.545 e. The molecule has 0 heterocycles. The molecule has 2 unspecified atom stereocenters. The van der Waals surface area contributed by atoms with E-state index in [1.807, 2.05) is 21.1 Å². The summed E-state index contributed by atoms with van der Waals surface area (Å²) in [6, 6.07) is 0. The van der Waals surface area contributed by atoms with Crippen molar-refractivity contribution in [2.24, 2.45) is 0 Å². The molecule has 0 aromatic rings. The summed E-state index contributed by atoms with van der Waals surface area (Å²) in [5.41, 5.74) is 0. The molecule has 0 saturated heterocycles. The van der Waals surface area contributed by atoms with Gasteiger partial charge in [0.05, 0.1) is 40.3 Å². The third-order valence-electron chi connectivity index (χ3n) is 13.7. The second-order valence-electron chi connectivity index (χ2n) is 22.3. The van der Waals surface area contributed by atoms with Crippen molar-refractivity contribution < 1.29 is 42.9 Å². The number of rotatable bonds is 58. The van der Waals surface area contributed by atoms with Crippen LogP contribution in [0.2, 0.25) is 0 Å². The van der Waals surface area contributed by atoms with Crippen LogP contribution in [0.1, 0.15) is 277 Å². The normalized spacial score (nSPS) is 13.2. The van der Waals surface area contributed by atoms with Crippen LogP contribution in [0.15, 0.2) is 72.9 Å². The molecule has 0 rings (SSSR count). The monoisotopic (exact) mass is 1070 g/mol. The van der Waals surface area contributed by atoms with Crippen LogP contribution in [0.4, 0.5) is 0 Å². The zero-order chi connectivity index (χ0) is 55.5. The van der Waals surface area contributed by atoms with E-state index in [-0.39, 0.29) is 32.2 Å². The lowest BCUT2D eigenvalue weighted by Gasteiger charge is -2.26. The fourth-order valence-electron chi connectivity index (χ4n) is 8.89. The van der Waals surface area contributed by atoms with Crippen molar-refractivity contribution in [1.29, 1.82) is 0 Å². The number of carbonyl (C=O) groups excluding carboxylic acids is 3. The predicted octanol–water partition coefficient (Wildman–Crippen LogP) is 17.6. The highest BCUT2D eigenvalue weighted by atomic mass is 16.7. The van der Waals surface area contributed by atoms with Gasteiger partial charge >= 0.3 is 11.9 Å². The maximum absolute atomic E-state index is 12.9. The number of carboxylic acids is 1. The van der Waals surface area contributed by atoms with Crippen LogP contribution >= 0.6 is 0 Å². The van der Waals surface area contributed by atoms with Gasteiger partial charge in [0.1, 0.15) is 13.2 Å². The van der Waals surface area contributed by atoms with Crippen molar-refractivity contribution in [3.63, 3.8) is 0 Å². The van der Waals surface area contributed by atoms with Crippen molar-refractivity contribution in [3.05, 3.63) is 72.9 Å². The number of aliphatic carboxylic acids is 1. The molecule has 76 heavy (non-hydrogen) atoms. The molecule has 0 radical (unpaired) electrons.